The van der Waals surface area contributed by atoms with Crippen molar-refractivity contribution in [1.29, 1.82) is 0 Å². The normalized spacial score (nSPS) is 16.1. The van der Waals surface area contributed by atoms with E-state index in [1.165, 1.54) is 6.92 Å². The number of rotatable bonds is 7. The molecule has 3 aromatic rings. The Balaban J connectivity index is 1.57. The first-order valence-corrected chi connectivity index (χ1v) is 11.6. The van der Waals surface area contributed by atoms with Crippen LogP contribution >= 0.6 is 11.3 Å². The van der Waals surface area contributed by atoms with Crippen LogP contribution in [-0.2, 0) is 11.3 Å². The Morgan fingerprint density at radius 2 is 1.94 bits per heavy atom. The quantitative estimate of drug-likeness (QED) is 0.433. The Bertz CT molecular complexity index is 1140. The number of Topliss-reactive ketones (excluding diaryl/α,β-unsaturated/α-hetero) is 1. The van der Waals surface area contributed by atoms with E-state index in [1.54, 1.807) is 23.5 Å². The second-order valence-corrected chi connectivity index (χ2v) is 9.70. The smallest absolute Gasteiger partial charge is 0.223 e. The number of carbonyl (C=O) groups is 2. The average molecular weight is 450 g/mol. The molecule has 1 aliphatic rings. The molecule has 0 spiro atoms. The first-order chi connectivity index (χ1) is 15.3. The maximum atomic E-state index is 12.3. The van der Waals surface area contributed by atoms with Gasteiger partial charge in [0, 0.05) is 42.1 Å². The zero-order chi connectivity index (χ0) is 22.8. The molecule has 0 bridgehead atoms. The molecule has 1 fully saturated rings. The van der Waals surface area contributed by atoms with Gasteiger partial charge in [0.15, 0.2) is 5.78 Å². The molecule has 1 unspecified atom stereocenters. The lowest BCUT2D eigenvalue weighted by Crippen LogP contribution is -2.24. The predicted molar refractivity (Wildman–Crippen MR) is 125 cm³/mol. The summed E-state index contributed by atoms with van der Waals surface area (Å²) in [4.78, 5) is 26.0. The highest BCUT2D eigenvalue weighted by molar-refractivity contribution is 7.14. The van der Waals surface area contributed by atoms with Gasteiger partial charge in [-0.15, -0.1) is 10.2 Å². The molecule has 1 amide bonds. The lowest BCUT2D eigenvalue weighted by atomic mass is 10.1. The Morgan fingerprint density at radius 3 is 2.53 bits per heavy atom. The van der Waals surface area contributed by atoms with Crippen molar-refractivity contribution in [2.45, 2.75) is 46.6 Å². The van der Waals surface area contributed by atoms with Crippen LogP contribution < -0.4 is 4.74 Å². The SMILES string of the molecule is CC(=O)c1ccc(CN2CC(C)CC2=O)c(Oc2ccc(-c3nnc(C(C)C)s3)cc2)c1. The third kappa shape index (κ3) is 4.88. The van der Waals surface area contributed by atoms with Crippen molar-refractivity contribution < 1.29 is 14.3 Å². The van der Waals surface area contributed by atoms with E-state index in [0.717, 1.165) is 27.7 Å². The Labute approximate surface area is 192 Å². The number of ether oxygens (including phenoxy) is 1. The minimum absolute atomic E-state index is 0.0279. The summed E-state index contributed by atoms with van der Waals surface area (Å²) in [5.41, 5.74) is 2.44. The summed E-state index contributed by atoms with van der Waals surface area (Å²) < 4.78 is 6.18. The standard InChI is InChI=1S/C25H27N3O3S/c1-15(2)24-26-27-25(32-24)18-7-9-21(10-8-18)31-22-12-19(17(4)29)5-6-20(22)14-28-13-16(3)11-23(28)30/h5-10,12,15-16H,11,13-14H2,1-4H3. The maximum absolute atomic E-state index is 12.3. The fourth-order valence-electron chi connectivity index (χ4n) is 3.70. The number of aromatic nitrogens is 2. The zero-order valence-electron chi connectivity index (χ0n) is 18.8. The molecule has 0 N–H and O–H groups in total. The summed E-state index contributed by atoms with van der Waals surface area (Å²) in [5.74, 6) is 2.08. The molecule has 7 heteroatoms. The number of amides is 1. The molecule has 6 nitrogen and oxygen atoms in total. The molecule has 1 aromatic heterocycles. The molecule has 32 heavy (non-hydrogen) atoms. The van der Waals surface area contributed by atoms with Gasteiger partial charge in [0.05, 0.1) is 0 Å². The van der Waals surface area contributed by atoms with E-state index < -0.39 is 0 Å². The topological polar surface area (TPSA) is 72.4 Å². The molecule has 1 aliphatic heterocycles. The zero-order valence-corrected chi connectivity index (χ0v) is 19.6. The number of hydrogen-bond acceptors (Lipinski definition) is 6. The lowest BCUT2D eigenvalue weighted by Gasteiger charge is -2.19. The van der Waals surface area contributed by atoms with Gasteiger partial charge in [-0.1, -0.05) is 44.2 Å². The van der Waals surface area contributed by atoms with Gasteiger partial charge < -0.3 is 9.64 Å². The van der Waals surface area contributed by atoms with Crippen molar-refractivity contribution in [2.75, 3.05) is 6.54 Å². The Hall–Kier alpha value is -3.06. The minimum atomic E-state index is -0.0279. The molecule has 0 aliphatic carbocycles. The minimum Gasteiger partial charge on any atom is -0.457 e. The number of nitrogens with zero attached hydrogens (tertiary/aromatic N) is 3. The van der Waals surface area contributed by atoms with E-state index in [0.29, 0.717) is 41.9 Å². The van der Waals surface area contributed by atoms with Crippen LogP contribution in [0.15, 0.2) is 42.5 Å². The van der Waals surface area contributed by atoms with Crippen LogP contribution in [0.5, 0.6) is 11.5 Å². The van der Waals surface area contributed by atoms with E-state index in [9.17, 15) is 9.59 Å². The highest BCUT2D eigenvalue weighted by atomic mass is 32.1. The molecule has 166 valence electrons. The molecule has 0 saturated carbocycles. The fraction of sp³-hybridized carbons (Fsp3) is 0.360. The third-order valence-corrected chi connectivity index (χ3v) is 6.78. The van der Waals surface area contributed by atoms with Crippen molar-refractivity contribution in [3.05, 3.63) is 58.6 Å². The van der Waals surface area contributed by atoms with E-state index in [1.807, 2.05) is 35.2 Å². The molecular weight excluding hydrogens is 422 g/mol. The predicted octanol–water partition coefficient (Wildman–Crippen LogP) is 5.69. The number of ketones is 1. The first-order valence-electron chi connectivity index (χ1n) is 10.8. The third-order valence-electron chi connectivity index (χ3n) is 5.51. The van der Waals surface area contributed by atoms with Gasteiger partial charge in [0.1, 0.15) is 21.5 Å². The van der Waals surface area contributed by atoms with Crippen LogP contribution in [-0.4, -0.2) is 33.3 Å². The number of hydrogen-bond donors (Lipinski definition) is 0. The van der Waals surface area contributed by atoms with Crippen molar-refractivity contribution in [3.63, 3.8) is 0 Å². The summed E-state index contributed by atoms with van der Waals surface area (Å²) in [6.45, 7) is 9.03. The molecule has 1 atom stereocenters. The van der Waals surface area contributed by atoms with E-state index in [4.69, 9.17) is 4.74 Å². The highest BCUT2D eigenvalue weighted by Gasteiger charge is 2.27. The average Bonchev–Trinajstić information content (AvgIpc) is 3.36. The highest BCUT2D eigenvalue weighted by Crippen LogP contribution is 2.32. The summed E-state index contributed by atoms with van der Waals surface area (Å²) in [6, 6.07) is 13.1. The van der Waals surface area contributed by atoms with Gasteiger partial charge in [-0.05, 0) is 43.2 Å². The van der Waals surface area contributed by atoms with Crippen molar-refractivity contribution >= 4 is 23.0 Å². The second kappa shape index (κ2) is 9.20. The molecule has 2 aromatic carbocycles. The number of carbonyl (C=O) groups excluding carboxylic acids is 2. The van der Waals surface area contributed by atoms with Crippen LogP contribution in [0.25, 0.3) is 10.6 Å². The van der Waals surface area contributed by atoms with Crippen molar-refractivity contribution in [3.8, 4) is 22.1 Å². The van der Waals surface area contributed by atoms with Crippen LogP contribution in [0.2, 0.25) is 0 Å². The van der Waals surface area contributed by atoms with Crippen molar-refractivity contribution in [2.24, 2.45) is 5.92 Å². The fourth-order valence-corrected chi connectivity index (χ4v) is 4.56. The van der Waals surface area contributed by atoms with E-state index in [2.05, 4.69) is 31.0 Å². The van der Waals surface area contributed by atoms with E-state index >= 15 is 0 Å². The molecule has 2 heterocycles. The number of likely N-dealkylation sites (tertiary alicyclic amines) is 1. The lowest BCUT2D eigenvalue weighted by molar-refractivity contribution is -0.128. The molecule has 0 radical (unpaired) electrons. The Kier molecular flexibility index (Phi) is 6.37. The van der Waals surface area contributed by atoms with Crippen molar-refractivity contribution in [1.82, 2.24) is 15.1 Å². The molecular formula is C25H27N3O3S. The van der Waals surface area contributed by atoms with Gasteiger partial charge in [-0.25, -0.2) is 0 Å². The molecule has 1 saturated heterocycles. The van der Waals surface area contributed by atoms with Gasteiger partial charge >= 0.3 is 0 Å². The van der Waals surface area contributed by atoms with Gasteiger partial charge in [0.25, 0.3) is 0 Å². The van der Waals surface area contributed by atoms with Gasteiger partial charge in [-0.3, -0.25) is 9.59 Å². The first kappa shape index (κ1) is 22.1. The van der Waals surface area contributed by atoms with Crippen LogP contribution in [0.1, 0.15) is 61.0 Å². The second-order valence-electron chi connectivity index (χ2n) is 8.69. The maximum Gasteiger partial charge on any atom is 0.223 e. The molecule has 4 rings (SSSR count). The summed E-state index contributed by atoms with van der Waals surface area (Å²) >= 11 is 1.59. The summed E-state index contributed by atoms with van der Waals surface area (Å²) in [5, 5.41) is 10.4. The van der Waals surface area contributed by atoms with Gasteiger partial charge in [0.2, 0.25) is 5.91 Å². The van der Waals surface area contributed by atoms with Gasteiger partial charge in [-0.2, -0.15) is 0 Å². The van der Waals surface area contributed by atoms with Crippen LogP contribution in [0, 0.1) is 5.92 Å². The van der Waals surface area contributed by atoms with Crippen LogP contribution in [0.3, 0.4) is 0 Å². The summed E-state index contributed by atoms with van der Waals surface area (Å²) in [7, 11) is 0. The largest absolute Gasteiger partial charge is 0.457 e. The van der Waals surface area contributed by atoms with Crippen LogP contribution in [0.4, 0.5) is 0 Å². The summed E-state index contributed by atoms with van der Waals surface area (Å²) in [6.07, 6.45) is 0.577. The van der Waals surface area contributed by atoms with E-state index in [-0.39, 0.29) is 11.7 Å². The number of benzene rings is 2. The monoisotopic (exact) mass is 449 g/mol. The Morgan fingerprint density at radius 1 is 1.19 bits per heavy atom.